The molecule has 0 spiro atoms. The van der Waals surface area contributed by atoms with Gasteiger partial charge in [0.1, 0.15) is 0 Å². The number of rotatable bonds is 3. The summed E-state index contributed by atoms with van der Waals surface area (Å²) in [6.45, 7) is 0. The molecule has 0 atom stereocenters. The highest BCUT2D eigenvalue weighted by Crippen LogP contribution is 2.36. The van der Waals surface area contributed by atoms with Crippen LogP contribution in [-0.4, -0.2) is 11.1 Å². The Morgan fingerprint density at radius 1 is 1.00 bits per heavy atom. The van der Waals surface area contributed by atoms with Crippen LogP contribution in [0.1, 0.15) is 5.56 Å². The minimum absolute atomic E-state index is 0.284. The first-order chi connectivity index (χ1) is 11.5. The number of allylic oxidation sites excluding steroid dienone is 2. The van der Waals surface area contributed by atoms with Crippen LogP contribution in [0.25, 0.3) is 6.08 Å². The second kappa shape index (κ2) is 7.26. The van der Waals surface area contributed by atoms with Gasteiger partial charge in [-0.05, 0) is 53.7 Å². The summed E-state index contributed by atoms with van der Waals surface area (Å²) in [4.78, 5) is 26.0. The molecule has 1 saturated heterocycles. The summed E-state index contributed by atoms with van der Waals surface area (Å²) >= 11 is 12.9. The second-order valence-corrected chi connectivity index (χ2v) is 6.80. The summed E-state index contributed by atoms with van der Waals surface area (Å²) in [5, 5.41) is 0.552. The van der Waals surface area contributed by atoms with Crippen molar-refractivity contribution >= 4 is 57.9 Å². The maximum Gasteiger partial charge on any atom is 0.298 e. The molecule has 3 nitrogen and oxygen atoms in total. The maximum atomic E-state index is 12.5. The summed E-state index contributed by atoms with van der Waals surface area (Å²) in [6, 6.07) is 16.0. The molecule has 24 heavy (non-hydrogen) atoms. The predicted molar refractivity (Wildman–Crippen MR) is 100 cm³/mol. The van der Waals surface area contributed by atoms with Crippen LogP contribution in [0, 0.1) is 0 Å². The minimum atomic E-state index is -0.396. The number of anilines is 1. The Hall–Kier alpha value is -2.01. The average Bonchev–Trinajstić information content (AvgIpc) is 2.83. The third-order valence-corrected chi connectivity index (χ3v) is 4.59. The molecule has 6 heteroatoms. The highest BCUT2D eigenvalue weighted by molar-refractivity contribution is 8.18. The fourth-order valence-electron chi connectivity index (χ4n) is 2.16. The monoisotopic (exact) mass is 375 g/mol. The van der Waals surface area contributed by atoms with Crippen molar-refractivity contribution in [2.75, 3.05) is 4.90 Å². The van der Waals surface area contributed by atoms with Crippen molar-refractivity contribution in [1.29, 1.82) is 0 Å². The van der Waals surface area contributed by atoms with Gasteiger partial charge in [0.2, 0.25) is 0 Å². The Morgan fingerprint density at radius 2 is 1.67 bits per heavy atom. The first kappa shape index (κ1) is 16.8. The van der Waals surface area contributed by atoms with Gasteiger partial charge >= 0.3 is 0 Å². The molecule has 2 aromatic rings. The molecule has 120 valence electrons. The zero-order chi connectivity index (χ0) is 17.1. The molecule has 0 bridgehead atoms. The molecule has 1 heterocycles. The number of imide groups is 1. The van der Waals surface area contributed by atoms with Gasteiger partial charge in [-0.2, -0.15) is 0 Å². The standard InChI is InChI=1S/C18H11Cl2NO2S/c19-13-6-8-15(9-7-13)21-17(22)16(24-18(21)23)11-14(20)10-12-4-2-1-3-5-12/h1-11H/b14-10-,16-11-. The molecule has 0 saturated carbocycles. The van der Waals surface area contributed by atoms with Gasteiger partial charge in [-0.15, -0.1) is 0 Å². The van der Waals surface area contributed by atoms with Crippen LogP contribution in [0.3, 0.4) is 0 Å². The number of nitrogens with zero attached hydrogens (tertiary/aromatic N) is 1. The zero-order valence-electron chi connectivity index (χ0n) is 12.3. The van der Waals surface area contributed by atoms with Crippen molar-refractivity contribution < 1.29 is 9.59 Å². The van der Waals surface area contributed by atoms with E-state index < -0.39 is 5.91 Å². The SMILES string of the molecule is O=C1S/C(=C\C(Cl)=C\c2ccccc2)C(=O)N1c1ccc(Cl)cc1. The van der Waals surface area contributed by atoms with Crippen LogP contribution >= 0.6 is 35.0 Å². The number of carbonyl (C=O) groups is 2. The van der Waals surface area contributed by atoms with E-state index >= 15 is 0 Å². The number of hydrogen-bond donors (Lipinski definition) is 0. The van der Waals surface area contributed by atoms with E-state index in [1.807, 2.05) is 30.3 Å². The van der Waals surface area contributed by atoms with Crippen molar-refractivity contribution in [2.24, 2.45) is 0 Å². The van der Waals surface area contributed by atoms with Crippen molar-refractivity contribution in [2.45, 2.75) is 0 Å². The second-order valence-electron chi connectivity index (χ2n) is 4.93. The first-order valence-electron chi connectivity index (χ1n) is 7.00. The van der Waals surface area contributed by atoms with Crippen molar-refractivity contribution in [3.63, 3.8) is 0 Å². The van der Waals surface area contributed by atoms with Crippen LogP contribution in [0.5, 0.6) is 0 Å². The molecule has 0 radical (unpaired) electrons. The lowest BCUT2D eigenvalue weighted by Gasteiger charge is -2.12. The first-order valence-corrected chi connectivity index (χ1v) is 8.57. The van der Waals surface area contributed by atoms with E-state index in [1.165, 1.54) is 6.08 Å². The smallest absolute Gasteiger partial charge is 0.268 e. The van der Waals surface area contributed by atoms with Gasteiger partial charge in [-0.1, -0.05) is 53.5 Å². The van der Waals surface area contributed by atoms with Gasteiger partial charge in [0, 0.05) is 10.1 Å². The largest absolute Gasteiger partial charge is 0.298 e. The molecule has 3 rings (SSSR count). The molecule has 0 unspecified atom stereocenters. The van der Waals surface area contributed by atoms with Crippen LogP contribution < -0.4 is 4.90 Å². The van der Waals surface area contributed by atoms with Gasteiger partial charge in [0.25, 0.3) is 11.1 Å². The van der Waals surface area contributed by atoms with E-state index in [4.69, 9.17) is 23.2 Å². The van der Waals surface area contributed by atoms with Crippen LogP contribution in [0.15, 0.2) is 70.6 Å². The Labute approximate surface area is 153 Å². The third kappa shape index (κ3) is 3.73. The van der Waals surface area contributed by atoms with E-state index in [0.717, 1.165) is 22.2 Å². The number of amides is 2. The molecule has 0 aliphatic carbocycles. The van der Waals surface area contributed by atoms with Crippen molar-refractivity contribution in [3.8, 4) is 0 Å². The minimum Gasteiger partial charge on any atom is -0.268 e. The van der Waals surface area contributed by atoms with Crippen molar-refractivity contribution in [1.82, 2.24) is 0 Å². The summed E-state index contributed by atoms with van der Waals surface area (Å²) in [5.74, 6) is -0.396. The normalized spacial score (nSPS) is 17.0. The van der Waals surface area contributed by atoms with E-state index in [2.05, 4.69) is 0 Å². The fourth-order valence-corrected chi connectivity index (χ4v) is 3.41. The highest BCUT2D eigenvalue weighted by Gasteiger charge is 2.36. The number of hydrogen-bond acceptors (Lipinski definition) is 3. The Morgan fingerprint density at radius 3 is 2.33 bits per heavy atom. The molecular formula is C18H11Cl2NO2S. The quantitative estimate of drug-likeness (QED) is 0.645. The van der Waals surface area contributed by atoms with E-state index in [-0.39, 0.29) is 10.1 Å². The fraction of sp³-hybridized carbons (Fsp3) is 0. The lowest BCUT2D eigenvalue weighted by Crippen LogP contribution is -2.27. The van der Waals surface area contributed by atoms with Crippen LogP contribution in [0.4, 0.5) is 10.5 Å². The molecule has 1 aliphatic heterocycles. The lowest BCUT2D eigenvalue weighted by molar-refractivity contribution is -0.113. The maximum absolute atomic E-state index is 12.5. The average molecular weight is 376 g/mol. The van der Waals surface area contributed by atoms with Crippen LogP contribution in [-0.2, 0) is 4.79 Å². The van der Waals surface area contributed by atoms with E-state index in [1.54, 1.807) is 30.3 Å². The zero-order valence-corrected chi connectivity index (χ0v) is 14.6. The molecule has 0 aromatic heterocycles. The predicted octanol–water partition coefficient (Wildman–Crippen LogP) is 5.70. The molecule has 0 N–H and O–H groups in total. The highest BCUT2D eigenvalue weighted by atomic mass is 35.5. The van der Waals surface area contributed by atoms with Gasteiger partial charge in [-0.25, -0.2) is 4.90 Å². The number of thioether (sulfide) groups is 1. The molecule has 1 fully saturated rings. The molecular weight excluding hydrogens is 365 g/mol. The van der Waals surface area contributed by atoms with E-state index in [9.17, 15) is 9.59 Å². The Balaban J connectivity index is 1.85. The van der Waals surface area contributed by atoms with Crippen molar-refractivity contribution in [3.05, 3.63) is 81.2 Å². The third-order valence-electron chi connectivity index (χ3n) is 3.25. The number of benzene rings is 2. The van der Waals surface area contributed by atoms with Gasteiger partial charge in [0.15, 0.2) is 0 Å². The molecule has 1 aliphatic rings. The van der Waals surface area contributed by atoms with Gasteiger partial charge in [0.05, 0.1) is 10.6 Å². The summed E-state index contributed by atoms with van der Waals surface area (Å²) in [7, 11) is 0. The lowest BCUT2D eigenvalue weighted by atomic mass is 10.2. The summed E-state index contributed by atoms with van der Waals surface area (Å²) in [6.07, 6.45) is 3.24. The van der Waals surface area contributed by atoms with E-state index in [0.29, 0.717) is 15.7 Å². The molecule has 2 amide bonds. The topological polar surface area (TPSA) is 37.4 Å². The molecule has 2 aromatic carbocycles. The summed E-state index contributed by atoms with van der Waals surface area (Å²) in [5.41, 5.74) is 1.39. The van der Waals surface area contributed by atoms with Gasteiger partial charge in [-0.3, -0.25) is 9.59 Å². The Bertz CT molecular complexity index is 845. The number of halogens is 2. The van der Waals surface area contributed by atoms with Crippen LogP contribution in [0.2, 0.25) is 5.02 Å². The van der Waals surface area contributed by atoms with Gasteiger partial charge < -0.3 is 0 Å². The summed E-state index contributed by atoms with van der Waals surface area (Å²) < 4.78 is 0. The number of carbonyl (C=O) groups excluding carboxylic acids is 2. The Kier molecular flexibility index (Phi) is 5.09.